The van der Waals surface area contributed by atoms with Gasteiger partial charge in [-0.15, -0.1) is 0 Å². The van der Waals surface area contributed by atoms with Crippen LogP contribution in [0.2, 0.25) is 0 Å². The summed E-state index contributed by atoms with van der Waals surface area (Å²) in [5.74, 6) is 1.26. The molecule has 4 rings (SSSR count). The van der Waals surface area contributed by atoms with E-state index < -0.39 is 0 Å². The highest BCUT2D eigenvalue weighted by Crippen LogP contribution is 2.27. The van der Waals surface area contributed by atoms with Gasteiger partial charge in [0.15, 0.2) is 0 Å². The Bertz CT molecular complexity index is 816. The van der Waals surface area contributed by atoms with Crippen LogP contribution in [0.5, 0.6) is 0 Å². The fourth-order valence-electron chi connectivity index (χ4n) is 3.81. The predicted molar refractivity (Wildman–Crippen MR) is 89.7 cm³/mol. The van der Waals surface area contributed by atoms with Crippen molar-refractivity contribution in [3.63, 3.8) is 0 Å². The van der Waals surface area contributed by atoms with E-state index >= 15 is 0 Å². The van der Waals surface area contributed by atoms with Gasteiger partial charge in [-0.25, -0.2) is 9.37 Å². The smallest absolute Gasteiger partial charge is 0.261 e. The number of nitrogens with zero attached hydrogens (tertiary/aromatic N) is 3. The molecule has 3 heterocycles. The Labute approximate surface area is 140 Å². The number of benzene rings is 1. The van der Waals surface area contributed by atoms with Crippen molar-refractivity contribution in [2.75, 3.05) is 32.8 Å². The predicted octanol–water partition coefficient (Wildman–Crippen LogP) is 1.90. The van der Waals surface area contributed by atoms with Gasteiger partial charge in [-0.3, -0.25) is 9.36 Å². The molecule has 1 aromatic heterocycles. The molecule has 6 heteroatoms. The molecular weight excluding hydrogens is 309 g/mol. The number of likely N-dealkylation sites (tertiary alicyclic amines) is 1. The number of ether oxygens (including phenoxy) is 1. The summed E-state index contributed by atoms with van der Waals surface area (Å²) >= 11 is 0. The minimum Gasteiger partial charge on any atom is -0.381 e. The van der Waals surface area contributed by atoms with Crippen molar-refractivity contribution in [3.8, 4) is 0 Å². The number of aromatic nitrogens is 2. The molecule has 0 N–H and O–H groups in total. The van der Waals surface area contributed by atoms with Crippen molar-refractivity contribution in [2.24, 2.45) is 13.0 Å². The first-order chi connectivity index (χ1) is 11.6. The molecule has 0 saturated carbocycles. The maximum absolute atomic E-state index is 13.5. The standard InChI is InChI=1S/C18H22FN3O2/c1-21-17(20-16-7-14(19)4-5-15(16)18(21)23)13-3-2-6-22(9-13)8-12-10-24-11-12/h4-5,7,12-13H,2-3,6,8-11H2,1H3/t13-/m1/s1. The van der Waals surface area contributed by atoms with E-state index in [2.05, 4.69) is 9.88 Å². The third-order valence-corrected chi connectivity index (χ3v) is 5.17. The second kappa shape index (κ2) is 6.26. The highest BCUT2D eigenvalue weighted by atomic mass is 19.1. The summed E-state index contributed by atoms with van der Waals surface area (Å²) < 4.78 is 20.4. The number of fused-ring (bicyclic) bond motifs is 1. The van der Waals surface area contributed by atoms with Gasteiger partial charge in [-0.2, -0.15) is 0 Å². The first-order valence-corrected chi connectivity index (χ1v) is 8.58. The second-order valence-electron chi connectivity index (χ2n) is 7.00. The molecule has 2 aromatic rings. The maximum atomic E-state index is 13.5. The lowest BCUT2D eigenvalue weighted by atomic mass is 9.95. The van der Waals surface area contributed by atoms with E-state index in [0.29, 0.717) is 16.8 Å². The summed E-state index contributed by atoms with van der Waals surface area (Å²) in [7, 11) is 1.77. The Balaban J connectivity index is 1.64. The number of rotatable bonds is 3. The SMILES string of the molecule is Cn1c([C@@H]2CCCN(CC3COC3)C2)nc2cc(F)ccc2c1=O. The average molecular weight is 331 g/mol. The molecule has 5 nitrogen and oxygen atoms in total. The van der Waals surface area contributed by atoms with Crippen LogP contribution in [0.1, 0.15) is 24.6 Å². The summed E-state index contributed by atoms with van der Waals surface area (Å²) in [5.41, 5.74) is 0.358. The van der Waals surface area contributed by atoms with E-state index in [4.69, 9.17) is 4.74 Å². The van der Waals surface area contributed by atoms with Crippen LogP contribution in [0.3, 0.4) is 0 Å². The van der Waals surface area contributed by atoms with Gasteiger partial charge in [-0.05, 0) is 31.5 Å². The molecule has 0 spiro atoms. The van der Waals surface area contributed by atoms with E-state index in [1.54, 1.807) is 11.6 Å². The molecule has 0 aliphatic carbocycles. The fourth-order valence-corrected chi connectivity index (χ4v) is 3.81. The molecule has 1 aromatic carbocycles. The van der Waals surface area contributed by atoms with Crippen LogP contribution in [0.15, 0.2) is 23.0 Å². The van der Waals surface area contributed by atoms with Gasteiger partial charge in [0.2, 0.25) is 0 Å². The summed E-state index contributed by atoms with van der Waals surface area (Å²) in [6.45, 7) is 4.74. The zero-order valence-electron chi connectivity index (χ0n) is 13.9. The minimum atomic E-state index is -0.357. The van der Waals surface area contributed by atoms with Gasteiger partial charge in [0.25, 0.3) is 5.56 Å². The van der Waals surface area contributed by atoms with Gasteiger partial charge < -0.3 is 9.64 Å². The van der Waals surface area contributed by atoms with Crippen molar-refractivity contribution in [1.29, 1.82) is 0 Å². The van der Waals surface area contributed by atoms with Crippen molar-refractivity contribution >= 4 is 10.9 Å². The molecule has 0 amide bonds. The van der Waals surface area contributed by atoms with Crippen LogP contribution < -0.4 is 5.56 Å². The molecular formula is C18H22FN3O2. The molecule has 128 valence electrons. The van der Waals surface area contributed by atoms with Crippen molar-refractivity contribution < 1.29 is 9.13 Å². The number of hydrogen-bond acceptors (Lipinski definition) is 4. The van der Waals surface area contributed by atoms with E-state index in [9.17, 15) is 9.18 Å². The van der Waals surface area contributed by atoms with Crippen molar-refractivity contribution in [3.05, 3.63) is 40.2 Å². The zero-order valence-corrected chi connectivity index (χ0v) is 13.9. The lowest BCUT2D eigenvalue weighted by Crippen LogP contribution is -2.44. The van der Waals surface area contributed by atoms with E-state index in [1.807, 2.05) is 0 Å². The van der Waals surface area contributed by atoms with Crippen LogP contribution >= 0.6 is 0 Å². The van der Waals surface area contributed by atoms with Crippen LogP contribution in [-0.4, -0.2) is 47.3 Å². The molecule has 2 saturated heterocycles. The molecule has 1 atom stereocenters. The van der Waals surface area contributed by atoms with Crippen LogP contribution in [0.4, 0.5) is 4.39 Å². The molecule has 2 fully saturated rings. The number of halogens is 1. The molecule has 2 aliphatic heterocycles. The Kier molecular flexibility index (Phi) is 4.10. The Morgan fingerprint density at radius 1 is 1.38 bits per heavy atom. The van der Waals surface area contributed by atoms with Gasteiger partial charge >= 0.3 is 0 Å². The van der Waals surface area contributed by atoms with Gasteiger partial charge in [-0.1, -0.05) is 0 Å². The summed E-state index contributed by atoms with van der Waals surface area (Å²) in [6, 6.07) is 4.19. The molecule has 24 heavy (non-hydrogen) atoms. The highest BCUT2D eigenvalue weighted by molar-refractivity contribution is 5.77. The molecule has 2 aliphatic rings. The lowest BCUT2D eigenvalue weighted by Gasteiger charge is -2.37. The van der Waals surface area contributed by atoms with Gasteiger partial charge in [0.1, 0.15) is 11.6 Å². The first kappa shape index (κ1) is 15.7. The third-order valence-electron chi connectivity index (χ3n) is 5.17. The Morgan fingerprint density at radius 2 is 2.21 bits per heavy atom. The largest absolute Gasteiger partial charge is 0.381 e. The molecule has 0 radical (unpaired) electrons. The van der Waals surface area contributed by atoms with Gasteiger partial charge in [0.05, 0.1) is 24.1 Å². The fraction of sp³-hybridized carbons (Fsp3) is 0.556. The van der Waals surface area contributed by atoms with Crippen LogP contribution in [-0.2, 0) is 11.8 Å². The van der Waals surface area contributed by atoms with Crippen molar-refractivity contribution in [2.45, 2.75) is 18.8 Å². The lowest BCUT2D eigenvalue weighted by molar-refractivity contribution is -0.0492. The number of hydrogen-bond donors (Lipinski definition) is 0. The quantitative estimate of drug-likeness (QED) is 0.862. The van der Waals surface area contributed by atoms with Crippen LogP contribution in [0, 0.1) is 11.7 Å². The second-order valence-corrected chi connectivity index (χ2v) is 7.00. The van der Waals surface area contributed by atoms with Crippen molar-refractivity contribution in [1.82, 2.24) is 14.5 Å². The maximum Gasteiger partial charge on any atom is 0.261 e. The molecule has 0 unspecified atom stereocenters. The Morgan fingerprint density at radius 3 is 2.96 bits per heavy atom. The van der Waals surface area contributed by atoms with Crippen LogP contribution in [0.25, 0.3) is 10.9 Å². The molecule has 0 bridgehead atoms. The topological polar surface area (TPSA) is 47.4 Å². The zero-order chi connectivity index (χ0) is 16.7. The van der Waals surface area contributed by atoms with E-state index in [0.717, 1.165) is 51.5 Å². The summed E-state index contributed by atoms with van der Waals surface area (Å²) in [6.07, 6.45) is 2.11. The first-order valence-electron chi connectivity index (χ1n) is 8.58. The van der Waals surface area contributed by atoms with E-state index in [1.165, 1.54) is 18.2 Å². The monoisotopic (exact) mass is 331 g/mol. The highest BCUT2D eigenvalue weighted by Gasteiger charge is 2.28. The Hall–Kier alpha value is -1.79. The normalized spacial score (nSPS) is 22.7. The summed E-state index contributed by atoms with van der Waals surface area (Å²) in [4.78, 5) is 19.7. The van der Waals surface area contributed by atoms with E-state index in [-0.39, 0.29) is 17.3 Å². The average Bonchev–Trinajstić information content (AvgIpc) is 2.54. The van der Waals surface area contributed by atoms with Gasteiger partial charge in [0, 0.05) is 38.0 Å². The third kappa shape index (κ3) is 2.84. The number of piperidine rings is 1. The summed E-state index contributed by atoms with van der Waals surface area (Å²) in [5, 5.41) is 0.474. The minimum absolute atomic E-state index is 0.0977.